The van der Waals surface area contributed by atoms with Gasteiger partial charge in [0.1, 0.15) is 11.4 Å². The first-order chi connectivity index (χ1) is 13.5. The molecule has 0 aliphatic carbocycles. The second-order valence-corrected chi connectivity index (χ2v) is 7.07. The highest BCUT2D eigenvalue weighted by atomic mass is 35.5. The van der Waals surface area contributed by atoms with Gasteiger partial charge in [-0.25, -0.2) is 0 Å². The topological polar surface area (TPSA) is 58.6 Å². The first kappa shape index (κ1) is 20.2. The zero-order chi connectivity index (χ0) is 20.3. The number of imide groups is 1. The fraction of sp³-hybridized carbons (Fsp3) is 0.238. The number of ether oxygens (including phenoxy) is 1. The van der Waals surface area contributed by atoms with Crippen molar-refractivity contribution in [2.75, 3.05) is 18.5 Å². The lowest BCUT2D eigenvalue weighted by molar-refractivity contribution is -0.136. The Hall–Kier alpha value is -2.50. The molecular formula is C21H20Cl2N2O3. The summed E-state index contributed by atoms with van der Waals surface area (Å²) in [6.45, 7) is 4.66. The third-order valence-corrected chi connectivity index (χ3v) is 4.78. The highest BCUT2D eigenvalue weighted by molar-refractivity contribution is 6.41. The Balaban J connectivity index is 2.08. The number of benzene rings is 2. The maximum Gasteiger partial charge on any atom is 0.278 e. The van der Waals surface area contributed by atoms with Crippen molar-refractivity contribution in [2.24, 2.45) is 0 Å². The van der Waals surface area contributed by atoms with Crippen LogP contribution in [0.4, 0.5) is 5.69 Å². The summed E-state index contributed by atoms with van der Waals surface area (Å²) < 4.78 is 5.51. The van der Waals surface area contributed by atoms with Crippen molar-refractivity contribution >= 4 is 46.3 Å². The summed E-state index contributed by atoms with van der Waals surface area (Å²) in [5.41, 5.74) is 1.53. The van der Waals surface area contributed by atoms with Gasteiger partial charge in [0, 0.05) is 28.9 Å². The fourth-order valence-electron chi connectivity index (χ4n) is 3.04. The predicted octanol–water partition coefficient (Wildman–Crippen LogP) is 4.99. The van der Waals surface area contributed by atoms with Gasteiger partial charge in [0.2, 0.25) is 0 Å². The second kappa shape index (κ2) is 8.67. The lowest BCUT2D eigenvalue weighted by atomic mass is 10.0. The van der Waals surface area contributed by atoms with Crippen molar-refractivity contribution in [1.29, 1.82) is 0 Å². The van der Waals surface area contributed by atoms with Crippen LogP contribution in [0.25, 0.3) is 5.57 Å². The quantitative estimate of drug-likeness (QED) is 0.643. The summed E-state index contributed by atoms with van der Waals surface area (Å²) in [6.07, 6.45) is 0.659. The van der Waals surface area contributed by atoms with E-state index in [4.69, 9.17) is 27.9 Å². The van der Waals surface area contributed by atoms with Gasteiger partial charge in [0.15, 0.2) is 0 Å². The molecule has 0 saturated carbocycles. The van der Waals surface area contributed by atoms with E-state index in [-0.39, 0.29) is 23.1 Å². The molecule has 0 fully saturated rings. The number of halogens is 2. The standard InChI is InChI=1S/C21H20Cl2N2O3/c1-3-10-25-20(26)18(16-9-8-13(22)11-17(16)23)19(21(25)27)24-14-6-5-7-15(12-14)28-4-2/h5-9,11-12,24H,3-4,10H2,1-2H3. The molecule has 1 N–H and O–H groups in total. The van der Waals surface area contributed by atoms with E-state index < -0.39 is 0 Å². The number of hydrogen-bond donors (Lipinski definition) is 1. The van der Waals surface area contributed by atoms with Crippen LogP contribution in [0.15, 0.2) is 48.2 Å². The Labute approximate surface area is 173 Å². The van der Waals surface area contributed by atoms with Crippen LogP contribution in [-0.4, -0.2) is 29.9 Å². The molecule has 1 aliphatic rings. The van der Waals surface area contributed by atoms with Gasteiger partial charge in [-0.1, -0.05) is 42.3 Å². The first-order valence-electron chi connectivity index (χ1n) is 9.02. The number of carbonyl (C=O) groups excluding carboxylic acids is 2. The van der Waals surface area contributed by atoms with Crippen LogP contribution < -0.4 is 10.1 Å². The second-order valence-electron chi connectivity index (χ2n) is 6.22. The summed E-state index contributed by atoms with van der Waals surface area (Å²) in [4.78, 5) is 27.2. The van der Waals surface area contributed by atoms with Gasteiger partial charge in [0.05, 0.1) is 17.2 Å². The molecule has 0 atom stereocenters. The third kappa shape index (κ3) is 4.01. The molecule has 7 heteroatoms. The van der Waals surface area contributed by atoms with Crippen molar-refractivity contribution in [1.82, 2.24) is 4.90 Å². The molecule has 146 valence electrons. The fourth-order valence-corrected chi connectivity index (χ4v) is 3.54. The van der Waals surface area contributed by atoms with E-state index in [1.807, 2.05) is 26.0 Å². The van der Waals surface area contributed by atoms with Gasteiger partial charge >= 0.3 is 0 Å². The van der Waals surface area contributed by atoms with Crippen molar-refractivity contribution in [2.45, 2.75) is 20.3 Å². The van der Waals surface area contributed by atoms with Crippen molar-refractivity contribution < 1.29 is 14.3 Å². The van der Waals surface area contributed by atoms with Crippen molar-refractivity contribution in [3.8, 4) is 5.75 Å². The van der Waals surface area contributed by atoms with Crippen molar-refractivity contribution in [3.63, 3.8) is 0 Å². The van der Waals surface area contributed by atoms with Crippen LogP contribution in [0.2, 0.25) is 10.0 Å². The molecule has 0 unspecified atom stereocenters. The van der Waals surface area contributed by atoms with E-state index in [1.165, 1.54) is 4.90 Å². The van der Waals surface area contributed by atoms with Gasteiger partial charge in [-0.15, -0.1) is 0 Å². The molecule has 0 aromatic heterocycles. The minimum atomic E-state index is -0.380. The van der Waals surface area contributed by atoms with E-state index in [0.717, 1.165) is 0 Å². The van der Waals surface area contributed by atoms with Crippen LogP contribution >= 0.6 is 23.2 Å². The van der Waals surface area contributed by atoms with Gasteiger partial charge in [-0.05, 0) is 37.6 Å². The molecule has 0 saturated heterocycles. The summed E-state index contributed by atoms with van der Waals surface area (Å²) in [5, 5.41) is 3.86. The summed E-state index contributed by atoms with van der Waals surface area (Å²) in [5.74, 6) is -0.0874. The summed E-state index contributed by atoms with van der Waals surface area (Å²) in [6, 6.07) is 12.1. The molecule has 5 nitrogen and oxygen atoms in total. The van der Waals surface area contributed by atoms with Crippen LogP contribution in [-0.2, 0) is 9.59 Å². The largest absolute Gasteiger partial charge is 0.494 e. The molecule has 2 aromatic carbocycles. The number of anilines is 1. The minimum absolute atomic E-state index is 0.191. The Morgan fingerprint density at radius 1 is 1.04 bits per heavy atom. The van der Waals surface area contributed by atoms with Crippen LogP contribution in [0.3, 0.4) is 0 Å². The zero-order valence-electron chi connectivity index (χ0n) is 15.6. The molecule has 1 heterocycles. The van der Waals surface area contributed by atoms with Crippen molar-refractivity contribution in [3.05, 3.63) is 63.8 Å². The number of nitrogens with one attached hydrogen (secondary N) is 1. The number of hydrogen-bond acceptors (Lipinski definition) is 4. The Morgan fingerprint density at radius 2 is 1.82 bits per heavy atom. The average molecular weight is 419 g/mol. The molecule has 3 rings (SSSR count). The monoisotopic (exact) mass is 418 g/mol. The first-order valence-corrected chi connectivity index (χ1v) is 9.77. The normalized spacial score (nSPS) is 14.1. The zero-order valence-corrected chi connectivity index (χ0v) is 17.1. The van der Waals surface area contributed by atoms with Gasteiger partial charge in [-0.2, -0.15) is 0 Å². The van der Waals surface area contributed by atoms with Crippen LogP contribution in [0.5, 0.6) is 5.75 Å². The number of rotatable bonds is 7. The summed E-state index contributed by atoms with van der Waals surface area (Å²) >= 11 is 12.3. The highest BCUT2D eigenvalue weighted by Crippen LogP contribution is 2.35. The smallest absolute Gasteiger partial charge is 0.278 e. The Bertz CT molecular complexity index is 956. The van der Waals surface area contributed by atoms with Crippen LogP contribution in [0.1, 0.15) is 25.8 Å². The van der Waals surface area contributed by atoms with E-state index in [9.17, 15) is 9.59 Å². The number of nitrogens with zero attached hydrogens (tertiary/aromatic N) is 1. The minimum Gasteiger partial charge on any atom is -0.494 e. The lowest BCUT2D eigenvalue weighted by Gasteiger charge is -2.14. The Kier molecular flexibility index (Phi) is 6.27. The van der Waals surface area contributed by atoms with E-state index in [1.54, 1.807) is 30.3 Å². The molecule has 1 aliphatic heterocycles. The van der Waals surface area contributed by atoms with E-state index in [2.05, 4.69) is 5.32 Å². The predicted molar refractivity (Wildman–Crippen MR) is 112 cm³/mol. The molecule has 2 amide bonds. The molecular weight excluding hydrogens is 399 g/mol. The SMILES string of the molecule is CCCN1C(=O)C(Nc2cccc(OCC)c2)=C(c2ccc(Cl)cc2Cl)C1=O. The maximum atomic E-state index is 13.0. The summed E-state index contributed by atoms with van der Waals surface area (Å²) in [7, 11) is 0. The molecule has 2 aromatic rings. The molecule has 0 bridgehead atoms. The molecule has 28 heavy (non-hydrogen) atoms. The lowest BCUT2D eigenvalue weighted by Crippen LogP contribution is -2.33. The maximum absolute atomic E-state index is 13.0. The number of carbonyl (C=O) groups is 2. The van der Waals surface area contributed by atoms with E-state index >= 15 is 0 Å². The van der Waals surface area contributed by atoms with Crippen LogP contribution in [0, 0.1) is 0 Å². The van der Waals surface area contributed by atoms with Gasteiger partial charge < -0.3 is 10.1 Å². The molecule has 0 radical (unpaired) electrons. The van der Waals surface area contributed by atoms with E-state index in [0.29, 0.717) is 46.6 Å². The third-order valence-electron chi connectivity index (χ3n) is 4.23. The number of amides is 2. The average Bonchev–Trinajstić information content (AvgIpc) is 2.88. The highest BCUT2D eigenvalue weighted by Gasteiger charge is 2.39. The Morgan fingerprint density at radius 3 is 2.50 bits per heavy atom. The van der Waals surface area contributed by atoms with Gasteiger partial charge in [0.25, 0.3) is 11.8 Å². The molecule has 0 spiro atoms. The van der Waals surface area contributed by atoms with Gasteiger partial charge in [-0.3, -0.25) is 14.5 Å².